The van der Waals surface area contributed by atoms with Gasteiger partial charge in [-0.15, -0.1) is 0 Å². The number of hydrogen-bond donors (Lipinski definition) is 1. The normalized spacial score (nSPS) is 15.3. The van der Waals surface area contributed by atoms with E-state index in [0.717, 1.165) is 23.8 Å². The first kappa shape index (κ1) is 16.4. The van der Waals surface area contributed by atoms with Crippen LogP contribution in [0.15, 0.2) is 51.5 Å². The van der Waals surface area contributed by atoms with E-state index in [1.165, 1.54) is 12.3 Å². The number of likely N-dealkylation sites (tertiary alicyclic amines) is 1. The molecule has 1 aliphatic rings. The molecular weight excluding hydrogens is 334 g/mol. The molecule has 7 nitrogen and oxygen atoms in total. The molecule has 1 saturated heterocycles. The third kappa shape index (κ3) is 3.33. The molecule has 2 aromatic heterocycles. The van der Waals surface area contributed by atoms with Crippen LogP contribution in [0, 0.1) is 5.92 Å². The largest absolute Gasteiger partial charge is 0.451 e. The fourth-order valence-electron chi connectivity index (χ4n) is 3.24. The maximum atomic E-state index is 12.6. The fourth-order valence-corrected chi connectivity index (χ4v) is 3.24. The molecule has 1 fully saturated rings. The molecule has 134 valence electrons. The zero-order chi connectivity index (χ0) is 17.9. The zero-order valence-electron chi connectivity index (χ0n) is 14.2. The number of para-hydroxylation sites is 1. The highest BCUT2D eigenvalue weighted by Crippen LogP contribution is 2.23. The highest BCUT2D eigenvalue weighted by molar-refractivity contribution is 5.96. The van der Waals surface area contributed by atoms with Crippen molar-refractivity contribution >= 4 is 22.8 Å². The molecular formula is C19H19N3O4. The Morgan fingerprint density at radius 2 is 1.96 bits per heavy atom. The Hall–Kier alpha value is -3.09. The van der Waals surface area contributed by atoms with Crippen LogP contribution < -0.4 is 5.32 Å². The Balaban J connectivity index is 1.30. The molecule has 0 bridgehead atoms. The lowest BCUT2D eigenvalue weighted by Gasteiger charge is -2.31. The summed E-state index contributed by atoms with van der Waals surface area (Å²) in [6, 6.07) is 10.9. The Bertz CT molecular complexity index is 875. The van der Waals surface area contributed by atoms with Gasteiger partial charge in [0.1, 0.15) is 5.58 Å². The van der Waals surface area contributed by atoms with Crippen LogP contribution in [0.4, 0.5) is 0 Å². The molecule has 3 aromatic rings. The van der Waals surface area contributed by atoms with E-state index >= 15 is 0 Å². The number of hydrogen-bond acceptors (Lipinski definition) is 5. The van der Waals surface area contributed by atoms with E-state index in [9.17, 15) is 9.59 Å². The first-order chi connectivity index (χ1) is 12.7. The molecule has 0 aliphatic carbocycles. The second-order valence-electron chi connectivity index (χ2n) is 6.47. The van der Waals surface area contributed by atoms with Crippen LogP contribution in [0.2, 0.25) is 0 Å². The summed E-state index contributed by atoms with van der Waals surface area (Å²) >= 11 is 0. The minimum absolute atomic E-state index is 0.0784. The van der Waals surface area contributed by atoms with Crippen LogP contribution >= 0.6 is 0 Å². The maximum Gasteiger partial charge on any atom is 0.289 e. The number of carbonyl (C=O) groups excluding carboxylic acids is 2. The Kier molecular flexibility index (Phi) is 4.43. The van der Waals surface area contributed by atoms with E-state index < -0.39 is 0 Å². The predicted octanol–water partition coefficient (Wildman–Crippen LogP) is 2.70. The van der Waals surface area contributed by atoms with Crippen LogP contribution in [-0.4, -0.2) is 41.5 Å². The Morgan fingerprint density at radius 3 is 2.69 bits per heavy atom. The lowest BCUT2D eigenvalue weighted by molar-refractivity contribution is 0.0654. The van der Waals surface area contributed by atoms with Crippen molar-refractivity contribution in [1.82, 2.24) is 15.4 Å². The van der Waals surface area contributed by atoms with Crippen LogP contribution in [0.1, 0.15) is 34.0 Å². The fraction of sp³-hybridized carbons (Fsp3) is 0.316. The summed E-state index contributed by atoms with van der Waals surface area (Å²) in [6.45, 7) is 1.86. The van der Waals surface area contributed by atoms with E-state index in [1.807, 2.05) is 29.2 Å². The number of fused-ring (bicyclic) bond motifs is 1. The van der Waals surface area contributed by atoms with Gasteiger partial charge in [0.25, 0.3) is 11.8 Å². The van der Waals surface area contributed by atoms with Gasteiger partial charge < -0.3 is 19.2 Å². The molecule has 3 heterocycles. The summed E-state index contributed by atoms with van der Waals surface area (Å²) in [5.41, 5.74) is 0.723. The van der Waals surface area contributed by atoms with E-state index in [1.54, 1.807) is 6.07 Å². The number of piperidine rings is 1. The SMILES string of the molecule is O=C(NCC1CCN(C(=O)c2cc3ccccc3o2)CC1)c1ccno1. The quantitative estimate of drug-likeness (QED) is 0.779. The van der Waals surface area contributed by atoms with Gasteiger partial charge in [0.2, 0.25) is 5.76 Å². The molecule has 1 aromatic carbocycles. The van der Waals surface area contributed by atoms with Gasteiger partial charge in [0.05, 0.1) is 6.20 Å². The third-order valence-electron chi connectivity index (χ3n) is 4.75. The second-order valence-corrected chi connectivity index (χ2v) is 6.47. The van der Waals surface area contributed by atoms with E-state index in [4.69, 9.17) is 8.94 Å². The molecule has 2 amide bonds. The van der Waals surface area contributed by atoms with Crippen molar-refractivity contribution < 1.29 is 18.5 Å². The van der Waals surface area contributed by atoms with Crippen LogP contribution in [0.3, 0.4) is 0 Å². The Labute approximate surface area is 149 Å². The summed E-state index contributed by atoms with van der Waals surface area (Å²) < 4.78 is 10.5. The number of nitrogens with one attached hydrogen (secondary N) is 1. The van der Waals surface area contributed by atoms with Crippen molar-refractivity contribution in [2.75, 3.05) is 19.6 Å². The van der Waals surface area contributed by atoms with E-state index in [2.05, 4.69) is 10.5 Å². The van der Waals surface area contributed by atoms with Crippen molar-refractivity contribution in [2.24, 2.45) is 5.92 Å². The molecule has 26 heavy (non-hydrogen) atoms. The van der Waals surface area contributed by atoms with Crippen molar-refractivity contribution in [3.8, 4) is 0 Å². The summed E-state index contributed by atoms with van der Waals surface area (Å²) in [5.74, 6) is 0.584. The average molecular weight is 353 g/mol. The van der Waals surface area contributed by atoms with E-state index in [-0.39, 0.29) is 17.6 Å². The van der Waals surface area contributed by atoms with Gasteiger partial charge in [-0.1, -0.05) is 23.4 Å². The highest BCUT2D eigenvalue weighted by atomic mass is 16.5. The Morgan fingerprint density at radius 1 is 1.15 bits per heavy atom. The summed E-state index contributed by atoms with van der Waals surface area (Å²) in [7, 11) is 0. The number of amides is 2. The van der Waals surface area contributed by atoms with Gasteiger partial charge in [-0.05, 0) is 30.9 Å². The number of carbonyl (C=O) groups is 2. The molecule has 1 N–H and O–H groups in total. The number of nitrogens with zero attached hydrogens (tertiary/aromatic N) is 2. The van der Waals surface area contributed by atoms with Crippen LogP contribution in [0.5, 0.6) is 0 Å². The summed E-state index contributed by atoms with van der Waals surface area (Å²) in [4.78, 5) is 26.3. The standard InChI is InChI=1S/C19H19N3O4/c23-18(16-5-8-21-26-16)20-12-13-6-9-22(10-7-13)19(24)17-11-14-3-1-2-4-15(14)25-17/h1-5,8,11,13H,6-7,9-10,12H2,(H,20,23). The minimum atomic E-state index is -0.261. The number of benzene rings is 1. The third-order valence-corrected chi connectivity index (χ3v) is 4.75. The zero-order valence-corrected chi connectivity index (χ0v) is 14.2. The lowest BCUT2D eigenvalue weighted by Crippen LogP contribution is -2.41. The van der Waals surface area contributed by atoms with Crippen LogP contribution in [-0.2, 0) is 0 Å². The second kappa shape index (κ2) is 7.03. The van der Waals surface area contributed by atoms with Gasteiger partial charge in [-0.25, -0.2) is 0 Å². The molecule has 7 heteroatoms. The molecule has 0 radical (unpaired) electrons. The van der Waals surface area contributed by atoms with Gasteiger partial charge >= 0.3 is 0 Å². The molecule has 0 spiro atoms. The van der Waals surface area contributed by atoms with Gasteiger partial charge in [-0.3, -0.25) is 9.59 Å². The van der Waals surface area contributed by atoms with Crippen LogP contribution in [0.25, 0.3) is 11.0 Å². The molecule has 4 rings (SSSR count). The molecule has 1 aliphatic heterocycles. The molecule has 0 atom stereocenters. The first-order valence-corrected chi connectivity index (χ1v) is 8.67. The number of aromatic nitrogens is 1. The van der Waals surface area contributed by atoms with Gasteiger partial charge in [0.15, 0.2) is 5.76 Å². The van der Waals surface area contributed by atoms with Gasteiger partial charge in [0, 0.05) is 31.1 Å². The smallest absolute Gasteiger partial charge is 0.289 e. The van der Waals surface area contributed by atoms with Crippen molar-refractivity contribution in [1.29, 1.82) is 0 Å². The van der Waals surface area contributed by atoms with Crippen molar-refractivity contribution in [2.45, 2.75) is 12.8 Å². The van der Waals surface area contributed by atoms with Gasteiger partial charge in [-0.2, -0.15) is 0 Å². The van der Waals surface area contributed by atoms with Crippen molar-refractivity contribution in [3.05, 3.63) is 54.1 Å². The average Bonchev–Trinajstić information content (AvgIpc) is 3.35. The molecule has 0 saturated carbocycles. The monoisotopic (exact) mass is 353 g/mol. The maximum absolute atomic E-state index is 12.6. The molecule has 0 unspecified atom stereocenters. The predicted molar refractivity (Wildman–Crippen MR) is 93.7 cm³/mol. The minimum Gasteiger partial charge on any atom is -0.451 e. The summed E-state index contributed by atoms with van der Waals surface area (Å²) in [6.07, 6.45) is 3.11. The van der Waals surface area contributed by atoms with Crippen molar-refractivity contribution in [3.63, 3.8) is 0 Å². The highest BCUT2D eigenvalue weighted by Gasteiger charge is 2.26. The topological polar surface area (TPSA) is 88.6 Å². The number of furan rings is 1. The number of rotatable bonds is 4. The van der Waals surface area contributed by atoms with E-state index in [0.29, 0.717) is 31.3 Å². The summed E-state index contributed by atoms with van der Waals surface area (Å²) in [5, 5.41) is 7.31. The first-order valence-electron chi connectivity index (χ1n) is 8.67. The lowest BCUT2D eigenvalue weighted by atomic mass is 9.96.